The summed E-state index contributed by atoms with van der Waals surface area (Å²) in [6, 6.07) is 4.35. The van der Waals surface area contributed by atoms with Crippen molar-refractivity contribution in [3.05, 3.63) is 23.8 Å². The van der Waals surface area contributed by atoms with Crippen LogP contribution in [-0.2, 0) is 9.53 Å². The Kier molecular flexibility index (Phi) is 4.67. The second-order valence-corrected chi connectivity index (χ2v) is 4.90. The third-order valence-electron chi connectivity index (χ3n) is 3.48. The van der Waals surface area contributed by atoms with E-state index in [1.807, 2.05) is 0 Å². The van der Waals surface area contributed by atoms with Gasteiger partial charge >= 0.3 is 5.97 Å². The standard InChI is InChI=1S/C15H20N2O4/c1-3-21-15(19)13-5-4-6-17(13)14(18)10-7-11(16)9-12(8-10)20-2/h7-9,13H,3-6,16H2,1-2H3. The van der Waals surface area contributed by atoms with E-state index < -0.39 is 6.04 Å². The Balaban J connectivity index is 2.22. The summed E-state index contributed by atoms with van der Waals surface area (Å²) in [4.78, 5) is 26.1. The molecule has 1 atom stereocenters. The maximum Gasteiger partial charge on any atom is 0.328 e. The lowest BCUT2D eigenvalue weighted by molar-refractivity contribution is -0.147. The third kappa shape index (κ3) is 3.26. The summed E-state index contributed by atoms with van der Waals surface area (Å²) >= 11 is 0. The van der Waals surface area contributed by atoms with Gasteiger partial charge < -0.3 is 20.1 Å². The summed E-state index contributed by atoms with van der Waals surface area (Å²) in [5.74, 6) is -0.0550. The highest BCUT2D eigenvalue weighted by Gasteiger charge is 2.35. The lowest BCUT2D eigenvalue weighted by atomic mass is 10.1. The molecule has 0 radical (unpaired) electrons. The molecule has 1 heterocycles. The van der Waals surface area contributed by atoms with E-state index in [0.717, 1.165) is 6.42 Å². The molecule has 0 aliphatic carbocycles. The van der Waals surface area contributed by atoms with Crippen LogP contribution in [0.1, 0.15) is 30.1 Å². The number of amides is 1. The number of nitrogen functional groups attached to an aromatic ring is 1. The van der Waals surface area contributed by atoms with Crippen LogP contribution in [0, 0.1) is 0 Å². The zero-order valence-electron chi connectivity index (χ0n) is 12.3. The zero-order valence-corrected chi connectivity index (χ0v) is 12.3. The number of anilines is 1. The molecule has 0 saturated carbocycles. The Hall–Kier alpha value is -2.24. The summed E-state index contributed by atoms with van der Waals surface area (Å²) in [6.07, 6.45) is 1.42. The van der Waals surface area contributed by atoms with Crippen LogP contribution in [0.15, 0.2) is 18.2 Å². The summed E-state index contributed by atoms with van der Waals surface area (Å²) in [6.45, 7) is 2.60. The smallest absolute Gasteiger partial charge is 0.328 e. The normalized spacial score (nSPS) is 17.6. The molecule has 0 aromatic heterocycles. The van der Waals surface area contributed by atoms with Crippen molar-refractivity contribution in [3.8, 4) is 5.75 Å². The first-order valence-corrected chi connectivity index (χ1v) is 6.99. The fourth-order valence-electron chi connectivity index (χ4n) is 2.52. The summed E-state index contributed by atoms with van der Waals surface area (Å²) < 4.78 is 10.1. The Morgan fingerprint density at radius 3 is 2.81 bits per heavy atom. The van der Waals surface area contributed by atoms with Crippen molar-refractivity contribution in [2.24, 2.45) is 0 Å². The third-order valence-corrected chi connectivity index (χ3v) is 3.48. The van der Waals surface area contributed by atoms with Crippen LogP contribution >= 0.6 is 0 Å². The van der Waals surface area contributed by atoms with Crippen molar-refractivity contribution in [1.82, 2.24) is 4.90 Å². The SMILES string of the molecule is CCOC(=O)C1CCCN1C(=O)c1cc(N)cc(OC)c1. The number of carbonyl (C=O) groups excluding carboxylic acids is 2. The first-order chi connectivity index (χ1) is 10.1. The van der Waals surface area contributed by atoms with Gasteiger partial charge in [0.05, 0.1) is 13.7 Å². The van der Waals surface area contributed by atoms with Gasteiger partial charge in [-0.1, -0.05) is 0 Å². The molecular weight excluding hydrogens is 272 g/mol. The van der Waals surface area contributed by atoms with E-state index in [2.05, 4.69) is 0 Å². The second-order valence-electron chi connectivity index (χ2n) is 4.90. The van der Waals surface area contributed by atoms with E-state index in [9.17, 15) is 9.59 Å². The van der Waals surface area contributed by atoms with Gasteiger partial charge in [-0.2, -0.15) is 0 Å². The molecule has 2 rings (SSSR count). The van der Waals surface area contributed by atoms with Gasteiger partial charge in [0.25, 0.3) is 5.91 Å². The average Bonchev–Trinajstić information content (AvgIpc) is 2.95. The van der Waals surface area contributed by atoms with Gasteiger partial charge in [-0.05, 0) is 31.9 Å². The van der Waals surface area contributed by atoms with Gasteiger partial charge in [0.15, 0.2) is 0 Å². The van der Waals surface area contributed by atoms with Gasteiger partial charge in [-0.25, -0.2) is 4.79 Å². The van der Waals surface area contributed by atoms with Crippen molar-refractivity contribution < 1.29 is 19.1 Å². The Bertz CT molecular complexity index is 544. The molecule has 1 aliphatic heterocycles. The zero-order chi connectivity index (χ0) is 15.4. The minimum absolute atomic E-state index is 0.226. The van der Waals surface area contributed by atoms with Crippen LogP contribution in [0.2, 0.25) is 0 Å². The van der Waals surface area contributed by atoms with E-state index in [1.54, 1.807) is 30.0 Å². The number of benzene rings is 1. The van der Waals surface area contributed by atoms with Gasteiger partial charge in [0, 0.05) is 23.9 Å². The number of carbonyl (C=O) groups is 2. The molecule has 1 saturated heterocycles. The maximum absolute atomic E-state index is 12.6. The Morgan fingerprint density at radius 1 is 1.38 bits per heavy atom. The van der Waals surface area contributed by atoms with E-state index in [0.29, 0.717) is 36.6 Å². The van der Waals surface area contributed by atoms with Gasteiger partial charge in [-0.3, -0.25) is 4.79 Å². The molecule has 0 spiro atoms. The summed E-state index contributed by atoms with van der Waals surface area (Å²) in [7, 11) is 1.51. The molecule has 1 aromatic rings. The molecule has 6 heteroatoms. The van der Waals surface area contributed by atoms with Crippen LogP contribution in [0.4, 0.5) is 5.69 Å². The number of nitrogens with two attached hydrogens (primary N) is 1. The molecule has 1 unspecified atom stereocenters. The number of methoxy groups -OCH3 is 1. The molecule has 21 heavy (non-hydrogen) atoms. The average molecular weight is 292 g/mol. The predicted octanol–water partition coefficient (Wildman–Crippen LogP) is 1.45. The molecule has 6 nitrogen and oxygen atoms in total. The number of hydrogen-bond acceptors (Lipinski definition) is 5. The lowest BCUT2D eigenvalue weighted by Gasteiger charge is -2.23. The summed E-state index contributed by atoms with van der Waals surface area (Å²) in [5, 5.41) is 0. The van der Waals surface area contributed by atoms with E-state index in [4.69, 9.17) is 15.2 Å². The van der Waals surface area contributed by atoms with Crippen LogP contribution in [-0.4, -0.2) is 43.1 Å². The van der Waals surface area contributed by atoms with E-state index in [-0.39, 0.29) is 11.9 Å². The number of rotatable bonds is 4. The molecule has 1 amide bonds. The quantitative estimate of drug-likeness (QED) is 0.671. The molecule has 2 N–H and O–H groups in total. The first kappa shape index (κ1) is 15.2. The number of esters is 1. The van der Waals surface area contributed by atoms with Crippen LogP contribution in [0.3, 0.4) is 0 Å². The highest BCUT2D eigenvalue weighted by molar-refractivity contribution is 5.98. The second kappa shape index (κ2) is 6.47. The number of nitrogens with zero attached hydrogens (tertiary/aromatic N) is 1. The first-order valence-electron chi connectivity index (χ1n) is 6.99. The molecule has 1 aromatic carbocycles. The Labute approximate surface area is 123 Å². The fourth-order valence-corrected chi connectivity index (χ4v) is 2.52. The van der Waals surface area contributed by atoms with Crippen molar-refractivity contribution >= 4 is 17.6 Å². The monoisotopic (exact) mass is 292 g/mol. The highest BCUT2D eigenvalue weighted by atomic mass is 16.5. The highest BCUT2D eigenvalue weighted by Crippen LogP contribution is 2.24. The Morgan fingerprint density at radius 2 is 2.14 bits per heavy atom. The van der Waals surface area contributed by atoms with Crippen LogP contribution < -0.4 is 10.5 Å². The van der Waals surface area contributed by atoms with E-state index in [1.165, 1.54) is 7.11 Å². The van der Waals surface area contributed by atoms with E-state index >= 15 is 0 Å². The number of likely N-dealkylation sites (tertiary alicyclic amines) is 1. The summed E-state index contributed by atoms with van der Waals surface area (Å²) in [5.41, 5.74) is 6.64. The van der Waals surface area contributed by atoms with Crippen molar-refractivity contribution in [2.45, 2.75) is 25.8 Å². The van der Waals surface area contributed by atoms with Gasteiger partial charge in [0.2, 0.25) is 0 Å². The van der Waals surface area contributed by atoms with Gasteiger partial charge in [-0.15, -0.1) is 0 Å². The van der Waals surface area contributed by atoms with Crippen LogP contribution in [0.25, 0.3) is 0 Å². The van der Waals surface area contributed by atoms with Crippen molar-refractivity contribution in [1.29, 1.82) is 0 Å². The minimum Gasteiger partial charge on any atom is -0.497 e. The van der Waals surface area contributed by atoms with Gasteiger partial charge in [0.1, 0.15) is 11.8 Å². The predicted molar refractivity (Wildman–Crippen MR) is 78.1 cm³/mol. The van der Waals surface area contributed by atoms with Crippen molar-refractivity contribution in [2.75, 3.05) is 26.0 Å². The molecule has 1 aliphatic rings. The maximum atomic E-state index is 12.6. The number of ether oxygens (including phenoxy) is 2. The number of hydrogen-bond donors (Lipinski definition) is 1. The fraction of sp³-hybridized carbons (Fsp3) is 0.467. The lowest BCUT2D eigenvalue weighted by Crippen LogP contribution is -2.41. The largest absolute Gasteiger partial charge is 0.497 e. The molecule has 114 valence electrons. The van der Waals surface area contributed by atoms with Crippen molar-refractivity contribution in [3.63, 3.8) is 0 Å². The van der Waals surface area contributed by atoms with Crippen LogP contribution in [0.5, 0.6) is 5.75 Å². The minimum atomic E-state index is -0.509. The molecule has 0 bridgehead atoms. The molecular formula is C15H20N2O4. The topological polar surface area (TPSA) is 81.9 Å². The molecule has 1 fully saturated rings.